The van der Waals surface area contributed by atoms with Gasteiger partial charge in [0, 0.05) is 25.2 Å². The fourth-order valence-corrected chi connectivity index (χ4v) is 6.03. The molecule has 1 saturated heterocycles. The third kappa shape index (κ3) is 4.61. The van der Waals surface area contributed by atoms with E-state index < -0.39 is 5.54 Å². The molecular weight excluding hydrogens is 546 g/mol. The predicted octanol–water partition coefficient (Wildman–Crippen LogP) is 6.94. The largest absolute Gasteiger partial charge is 0.474 e. The number of hydrogen-bond acceptors (Lipinski definition) is 6. The standard InChI is InChI=1S/C34H28ClN5O2/c35-33-37-20-16-28(38-33)31-30-29(17-21-36-32(30)42-27-18-22-41-23-19-27)40(39-31)34(24-10-4-1-5-11-24,25-12-6-2-7-13-25)26-14-8-3-9-15-26/h1-17,20-21,27H,18-19,22-23H2. The summed E-state index contributed by atoms with van der Waals surface area (Å²) in [6.07, 6.45) is 5.01. The lowest BCUT2D eigenvalue weighted by Crippen LogP contribution is -2.38. The minimum absolute atomic E-state index is 0.0100. The zero-order valence-corrected chi connectivity index (χ0v) is 23.6. The van der Waals surface area contributed by atoms with E-state index in [-0.39, 0.29) is 11.4 Å². The molecule has 8 heteroatoms. The molecule has 1 aliphatic rings. The van der Waals surface area contributed by atoms with Crippen LogP contribution in [-0.2, 0) is 10.3 Å². The van der Waals surface area contributed by atoms with Gasteiger partial charge in [-0.1, -0.05) is 91.0 Å². The highest BCUT2D eigenvalue weighted by Crippen LogP contribution is 2.45. The number of rotatable bonds is 7. The Hall–Kier alpha value is -4.59. The Bertz CT molecular complexity index is 1710. The van der Waals surface area contributed by atoms with E-state index in [4.69, 9.17) is 31.2 Å². The van der Waals surface area contributed by atoms with Gasteiger partial charge < -0.3 is 9.47 Å². The van der Waals surface area contributed by atoms with Crippen LogP contribution in [0.15, 0.2) is 116 Å². The molecular formula is C34H28ClN5O2. The summed E-state index contributed by atoms with van der Waals surface area (Å²) >= 11 is 6.31. The van der Waals surface area contributed by atoms with E-state index in [2.05, 4.69) is 87.4 Å². The molecule has 1 fully saturated rings. The average Bonchev–Trinajstić information content (AvgIpc) is 3.45. The van der Waals surface area contributed by atoms with Gasteiger partial charge in [0.15, 0.2) is 0 Å². The molecule has 0 aliphatic carbocycles. The molecule has 7 rings (SSSR count). The average molecular weight is 574 g/mol. The number of halogens is 1. The molecule has 42 heavy (non-hydrogen) atoms. The molecule has 0 unspecified atom stereocenters. The first-order valence-electron chi connectivity index (χ1n) is 14.0. The number of ether oxygens (including phenoxy) is 2. The predicted molar refractivity (Wildman–Crippen MR) is 163 cm³/mol. The van der Waals surface area contributed by atoms with Gasteiger partial charge in [0.2, 0.25) is 11.2 Å². The molecule has 0 saturated carbocycles. The van der Waals surface area contributed by atoms with Crippen LogP contribution in [0.1, 0.15) is 29.5 Å². The smallest absolute Gasteiger partial charge is 0.225 e. The van der Waals surface area contributed by atoms with E-state index in [9.17, 15) is 0 Å². The zero-order chi connectivity index (χ0) is 28.4. The van der Waals surface area contributed by atoms with Crippen LogP contribution in [-0.4, -0.2) is 44.1 Å². The van der Waals surface area contributed by atoms with Crippen molar-refractivity contribution in [2.75, 3.05) is 13.2 Å². The molecule has 0 bridgehead atoms. The van der Waals surface area contributed by atoms with E-state index in [1.165, 1.54) is 0 Å². The first kappa shape index (κ1) is 26.3. The third-order valence-corrected chi connectivity index (χ3v) is 7.95. The highest BCUT2D eigenvalue weighted by Gasteiger charge is 2.41. The van der Waals surface area contributed by atoms with Crippen molar-refractivity contribution in [2.45, 2.75) is 24.5 Å². The third-order valence-electron chi connectivity index (χ3n) is 7.77. The van der Waals surface area contributed by atoms with Crippen LogP contribution < -0.4 is 4.74 Å². The molecule has 0 N–H and O–H groups in total. The molecule has 0 spiro atoms. The topological polar surface area (TPSA) is 75.0 Å². The molecule has 6 aromatic rings. The lowest BCUT2D eigenvalue weighted by molar-refractivity contribution is 0.0244. The number of pyridine rings is 1. The van der Waals surface area contributed by atoms with Gasteiger partial charge in [0.25, 0.3) is 0 Å². The summed E-state index contributed by atoms with van der Waals surface area (Å²) in [5.41, 5.74) is 4.40. The van der Waals surface area contributed by atoms with Gasteiger partial charge in [0.1, 0.15) is 17.3 Å². The lowest BCUT2D eigenvalue weighted by atomic mass is 9.77. The van der Waals surface area contributed by atoms with E-state index in [1.54, 1.807) is 12.4 Å². The SMILES string of the molecule is Clc1nccc(-c2nn(C(c3ccccc3)(c3ccccc3)c3ccccc3)c3ccnc(OC4CCOCC4)c23)n1. The van der Waals surface area contributed by atoms with Gasteiger partial charge in [-0.3, -0.25) is 0 Å². The Morgan fingerprint density at radius 3 is 1.88 bits per heavy atom. The van der Waals surface area contributed by atoms with Crippen LogP contribution in [0.2, 0.25) is 5.28 Å². The van der Waals surface area contributed by atoms with Gasteiger partial charge >= 0.3 is 0 Å². The van der Waals surface area contributed by atoms with Crippen molar-refractivity contribution in [2.24, 2.45) is 0 Å². The first-order chi connectivity index (χ1) is 20.7. The lowest BCUT2D eigenvalue weighted by Gasteiger charge is -2.37. The van der Waals surface area contributed by atoms with Crippen molar-refractivity contribution in [1.82, 2.24) is 24.7 Å². The van der Waals surface area contributed by atoms with Crippen LogP contribution in [0.4, 0.5) is 0 Å². The Morgan fingerprint density at radius 2 is 1.31 bits per heavy atom. The normalized spacial score (nSPS) is 14.2. The van der Waals surface area contributed by atoms with Crippen molar-refractivity contribution < 1.29 is 9.47 Å². The van der Waals surface area contributed by atoms with Crippen LogP contribution >= 0.6 is 11.6 Å². The maximum absolute atomic E-state index is 6.58. The van der Waals surface area contributed by atoms with Crippen LogP contribution in [0.3, 0.4) is 0 Å². The maximum atomic E-state index is 6.58. The molecule has 3 aromatic carbocycles. The highest BCUT2D eigenvalue weighted by atomic mass is 35.5. The summed E-state index contributed by atoms with van der Waals surface area (Å²) in [5, 5.41) is 6.29. The van der Waals surface area contributed by atoms with Crippen molar-refractivity contribution in [3.05, 3.63) is 137 Å². The second-order valence-corrected chi connectivity index (χ2v) is 10.6. The summed E-state index contributed by atoms with van der Waals surface area (Å²) in [7, 11) is 0. The number of fused-ring (bicyclic) bond motifs is 1. The summed E-state index contributed by atoms with van der Waals surface area (Å²) in [6, 6.07) is 35.2. The number of hydrogen-bond donors (Lipinski definition) is 0. The zero-order valence-electron chi connectivity index (χ0n) is 22.8. The van der Waals surface area contributed by atoms with E-state index >= 15 is 0 Å². The molecule has 1 aliphatic heterocycles. The fourth-order valence-electron chi connectivity index (χ4n) is 5.88. The summed E-state index contributed by atoms with van der Waals surface area (Å²) in [4.78, 5) is 13.4. The van der Waals surface area contributed by atoms with Gasteiger partial charge in [-0.25, -0.2) is 19.6 Å². The van der Waals surface area contributed by atoms with Crippen molar-refractivity contribution in [1.29, 1.82) is 0 Å². The van der Waals surface area contributed by atoms with E-state index in [0.29, 0.717) is 30.5 Å². The fraction of sp³-hybridized carbons (Fsp3) is 0.176. The molecule has 4 heterocycles. The Balaban J connectivity index is 1.59. The highest BCUT2D eigenvalue weighted by molar-refractivity contribution is 6.28. The Morgan fingerprint density at radius 1 is 0.738 bits per heavy atom. The molecule has 208 valence electrons. The Labute approximate surface area is 248 Å². The second-order valence-electron chi connectivity index (χ2n) is 10.2. The van der Waals surface area contributed by atoms with Crippen molar-refractivity contribution in [3.63, 3.8) is 0 Å². The van der Waals surface area contributed by atoms with Crippen LogP contribution in [0.25, 0.3) is 22.3 Å². The molecule has 0 radical (unpaired) electrons. The van der Waals surface area contributed by atoms with Gasteiger partial charge in [-0.05, 0) is 40.4 Å². The molecule has 7 nitrogen and oxygen atoms in total. The molecule has 0 amide bonds. The monoisotopic (exact) mass is 573 g/mol. The van der Waals surface area contributed by atoms with Crippen molar-refractivity contribution >= 4 is 22.5 Å². The van der Waals surface area contributed by atoms with Gasteiger partial charge in [-0.15, -0.1) is 0 Å². The van der Waals surface area contributed by atoms with E-state index in [1.807, 2.05) is 30.3 Å². The summed E-state index contributed by atoms with van der Waals surface area (Å²) < 4.78 is 14.3. The maximum Gasteiger partial charge on any atom is 0.225 e. The summed E-state index contributed by atoms with van der Waals surface area (Å²) in [5.74, 6) is 0.512. The first-order valence-corrected chi connectivity index (χ1v) is 14.4. The molecule has 3 aromatic heterocycles. The molecule has 0 atom stereocenters. The minimum Gasteiger partial charge on any atom is -0.474 e. The second kappa shape index (κ2) is 11.4. The quantitative estimate of drug-likeness (QED) is 0.152. The summed E-state index contributed by atoms with van der Waals surface area (Å²) in [6.45, 7) is 1.32. The number of aromatic nitrogens is 5. The number of nitrogens with zero attached hydrogens (tertiary/aromatic N) is 5. The van der Waals surface area contributed by atoms with Crippen LogP contribution in [0, 0.1) is 0 Å². The van der Waals surface area contributed by atoms with Gasteiger partial charge in [-0.2, -0.15) is 5.10 Å². The van der Waals surface area contributed by atoms with Crippen molar-refractivity contribution in [3.8, 4) is 17.3 Å². The van der Waals surface area contributed by atoms with Gasteiger partial charge in [0.05, 0.1) is 29.8 Å². The minimum atomic E-state index is -0.839. The van der Waals surface area contributed by atoms with Crippen LogP contribution in [0.5, 0.6) is 5.88 Å². The van der Waals surface area contributed by atoms with E-state index in [0.717, 1.165) is 40.4 Å². The number of benzene rings is 3. The Kier molecular flexibility index (Phi) is 7.11.